The van der Waals surface area contributed by atoms with E-state index >= 15 is 0 Å². The van der Waals surface area contributed by atoms with Crippen LogP contribution in [0.4, 0.5) is 0 Å². The average molecular weight is 317 g/mol. The van der Waals surface area contributed by atoms with Gasteiger partial charge in [-0.1, -0.05) is 29.8 Å². The fourth-order valence-electron chi connectivity index (χ4n) is 1.51. The van der Waals surface area contributed by atoms with Gasteiger partial charge < -0.3 is 15.1 Å². The summed E-state index contributed by atoms with van der Waals surface area (Å²) in [5.74, 6) is -1.02. The molecule has 108 valence electrons. The van der Waals surface area contributed by atoms with E-state index in [-0.39, 0.29) is 28.5 Å². The van der Waals surface area contributed by atoms with Crippen LogP contribution in [0, 0.1) is 0 Å². The summed E-state index contributed by atoms with van der Waals surface area (Å²) in [7, 11) is 0. The van der Waals surface area contributed by atoms with Crippen LogP contribution in [0.3, 0.4) is 0 Å². The van der Waals surface area contributed by atoms with Gasteiger partial charge in [0.25, 0.3) is 0 Å². The lowest BCUT2D eigenvalue weighted by molar-refractivity contribution is 0.0697. The largest absolute Gasteiger partial charge is 0.478 e. The standard InChI is InChI=1S/C13H11ClN2O2.ClH.H2O/c14-12-8-10(3-4-11(12)13(17)18)2-1-6-16-7-5-15-9-16;;/h1-5,7-9H,6H2,(H,17,18);1H;1H2. The molecule has 0 unspecified atom stereocenters. The van der Waals surface area contributed by atoms with Gasteiger partial charge in [-0.15, -0.1) is 12.4 Å². The number of aromatic nitrogens is 2. The molecule has 0 bridgehead atoms. The summed E-state index contributed by atoms with van der Waals surface area (Å²) in [5, 5.41) is 9.09. The van der Waals surface area contributed by atoms with Crippen molar-refractivity contribution in [3.8, 4) is 0 Å². The van der Waals surface area contributed by atoms with Gasteiger partial charge in [0.1, 0.15) is 0 Å². The van der Waals surface area contributed by atoms with Crippen LogP contribution in [0.2, 0.25) is 5.02 Å². The van der Waals surface area contributed by atoms with Gasteiger partial charge in [-0.3, -0.25) is 0 Å². The van der Waals surface area contributed by atoms with Crippen LogP contribution in [0.1, 0.15) is 15.9 Å². The van der Waals surface area contributed by atoms with E-state index in [1.807, 2.05) is 22.9 Å². The van der Waals surface area contributed by atoms with Crippen molar-refractivity contribution < 1.29 is 15.4 Å². The summed E-state index contributed by atoms with van der Waals surface area (Å²) in [6.07, 6.45) is 9.15. The molecule has 0 spiro atoms. The van der Waals surface area contributed by atoms with Gasteiger partial charge >= 0.3 is 5.97 Å². The van der Waals surface area contributed by atoms with E-state index in [1.165, 1.54) is 6.07 Å². The smallest absolute Gasteiger partial charge is 0.337 e. The van der Waals surface area contributed by atoms with Crippen molar-refractivity contribution >= 4 is 36.1 Å². The first-order chi connectivity index (χ1) is 8.66. The van der Waals surface area contributed by atoms with Crippen molar-refractivity contribution in [1.29, 1.82) is 0 Å². The molecule has 0 atom stereocenters. The first-order valence-electron chi connectivity index (χ1n) is 5.32. The lowest BCUT2D eigenvalue weighted by atomic mass is 10.1. The third-order valence-corrected chi connectivity index (χ3v) is 2.72. The molecule has 0 aliphatic heterocycles. The minimum atomic E-state index is -1.02. The fraction of sp³-hybridized carbons (Fsp3) is 0.0769. The Bertz CT molecular complexity index is 583. The fourth-order valence-corrected chi connectivity index (χ4v) is 1.78. The van der Waals surface area contributed by atoms with E-state index in [2.05, 4.69) is 4.98 Å². The number of hydrogen-bond acceptors (Lipinski definition) is 2. The van der Waals surface area contributed by atoms with E-state index in [4.69, 9.17) is 16.7 Å². The average Bonchev–Trinajstić information content (AvgIpc) is 2.81. The topological polar surface area (TPSA) is 86.6 Å². The molecule has 1 aromatic carbocycles. The van der Waals surface area contributed by atoms with Crippen molar-refractivity contribution in [3.05, 3.63) is 59.1 Å². The Morgan fingerprint density at radius 2 is 2.20 bits per heavy atom. The molecule has 3 N–H and O–H groups in total. The molecule has 0 saturated carbocycles. The minimum absolute atomic E-state index is 0. The second-order valence-electron chi connectivity index (χ2n) is 3.71. The molecule has 1 aromatic heterocycles. The maximum absolute atomic E-state index is 10.8. The lowest BCUT2D eigenvalue weighted by Crippen LogP contribution is -1.97. The molecule has 5 nitrogen and oxygen atoms in total. The predicted octanol–water partition coefficient (Wildman–Crippen LogP) is 2.55. The molecule has 7 heteroatoms. The maximum atomic E-state index is 10.8. The first-order valence-corrected chi connectivity index (χ1v) is 5.70. The Morgan fingerprint density at radius 1 is 1.45 bits per heavy atom. The highest BCUT2D eigenvalue weighted by atomic mass is 35.5. The molecular formula is C13H14Cl2N2O3. The summed E-state index contributed by atoms with van der Waals surface area (Å²) in [5.41, 5.74) is 0.980. The Hall–Kier alpha value is -1.82. The summed E-state index contributed by atoms with van der Waals surface area (Å²) in [6.45, 7) is 0.707. The van der Waals surface area contributed by atoms with Crippen molar-refractivity contribution in [1.82, 2.24) is 9.55 Å². The molecule has 0 amide bonds. The second-order valence-corrected chi connectivity index (χ2v) is 4.11. The zero-order valence-electron chi connectivity index (χ0n) is 10.4. The van der Waals surface area contributed by atoms with Gasteiger partial charge in [0, 0.05) is 18.9 Å². The molecular weight excluding hydrogens is 303 g/mol. The normalized spacial score (nSPS) is 9.85. The number of rotatable bonds is 4. The van der Waals surface area contributed by atoms with Gasteiger partial charge in [-0.05, 0) is 17.7 Å². The van der Waals surface area contributed by atoms with Crippen LogP contribution in [0.5, 0.6) is 0 Å². The van der Waals surface area contributed by atoms with E-state index in [0.717, 1.165) is 5.56 Å². The zero-order chi connectivity index (χ0) is 13.0. The number of carboxylic acids is 1. The molecule has 2 rings (SSSR count). The van der Waals surface area contributed by atoms with Crippen LogP contribution in [0.15, 0.2) is 43.0 Å². The van der Waals surface area contributed by atoms with Crippen LogP contribution < -0.4 is 0 Å². The first kappa shape index (κ1) is 18.2. The number of aromatic carboxylic acids is 1. The summed E-state index contributed by atoms with van der Waals surface area (Å²) < 4.78 is 1.92. The number of hydrogen-bond donors (Lipinski definition) is 1. The number of allylic oxidation sites excluding steroid dienone is 1. The highest BCUT2D eigenvalue weighted by Crippen LogP contribution is 2.18. The Labute approximate surface area is 127 Å². The third kappa shape index (κ3) is 4.70. The minimum Gasteiger partial charge on any atom is -0.478 e. The number of carbonyl (C=O) groups is 1. The maximum Gasteiger partial charge on any atom is 0.337 e. The lowest BCUT2D eigenvalue weighted by Gasteiger charge is -2.00. The highest BCUT2D eigenvalue weighted by Gasteiger charge is 2.07. The molecule has 1 heterocycles. The molecule has 2 aromatic rings. The number of nitrogens with zero attached hydrogens (tertiary/aromatic N) is 2. The third-order valence-electron chi connectivity index (χ3n) is 2.41. The number of carboxylic acid groups (broad SMARTS) is 1. The van der Waals surface area contributed by atoms with E-state index < -0.39 is 5.97 Å². The van der Waals surface area contributed by atoms with E-state index in [1.54, 1.807) is 24.7 Å². The van der Waals surface area contributed by atoms with Crippen molar-refractivity contribution in [2.45, 2.75) is 6.54 Å². The van der Waals surface area contributed by atoms with Crippen LogP contribution >= 0.6 is 24.0 Å². The molecule has 20 heavy (non-hydrogen) atoms. The van der Waals surface area contributed by atoms with Gasteiger partial charge in [-0.25, -0.2) is 9.78 Å². The number of halogens is 2. The monoisotopic (exact) mass is 316 g/mol. The van der Waals surface area contributed by atoms with Crippen molar-refractivity contribution in [2.75, 3.05) is 0 Å². The summed E-state index contributed by atoms with van der Waals surface area (Å²) in [6, 6.07) is 4.86. The summed E-state index contributed by atoms with van der Waals surface area (Å²) in [4.78, 5) is 14.7. The second kappa shape index (κ2) is 8.37. The van der Waals surface area contributed by atoms with E-state index in [0.29, 0.717) is 6.54 Å². The van der Waals surface area contributed by atoms with Gasteiger partial charge in [-0.2, -0.15) is 0 Å². The van der Waals surface area contributed by atoms with Crippen LogP contribution in [-0.2, 0) is 6.54 Å². The van der Waals surface area contributed by atoms with Gasteiger partial charge in [0.05, 0.1) is 16.9 Å². The molecule has 0 fully saturated rings. The van der Waals surface area contributed by atoms with Crippen LogP contribution in [0.25, 0.3) is 6.08 Å². The van der Waals surface area contributed by atoms with Gasteiger partial charge in [0.2, 0.25) is 0 Å². The summed E-state index contributed by atoms with van der Waals surface area (Å²) >= 11 is 5.87. The predicted molar refractivity (Wildman–Crippen MR) is 80.5 cm³/mol. The molecule has 0 saturated heterocycles. The van der Waals surface area contributed by atoms with Gasteiger partial charge in [0.15, 0.2) is 0 Å². The highest BCUT2D eigenvalue weighted by molar-refractivity contribution is 6.33. The van der Waals surface area contributed by atoms with Crippen molar-refractivity contribution in [3.63, 3.8) is 0 Å². The molecule has 0 radical (unpaired) electrons. The Balaban J connectivity index is 0.00000180. The molecule has 0 aliphatic rings. The number of benzene rings is 1. The Morgan fingerprint density at radius 3 is 2.75 bits per heavy atom. The van der Waals surface area contributed by atoms with Crippen LogP contribution in [-0.4, -0.2) is 26.1 Å². The zero-order valence-corrected chi connectivity index (χ0v) is 11.9. The SMILES string of the molecule is Cl.O.O=C(O)c1ccc(C=CCn2ccnc2)cc1Cl. The quantitative estimate of drug-likeness (QED) is 0.940. The number of imidazole rings is 1. The Kier molecular flexibility index (Phi) is 7.61. The van der Waals surface area contributed by atoms with E-state index in [9.17, 15) is 4.79 Å². The van der Waals surface area contributed by atoms with Crippen molar-refractivity contribution in [2.24, 2.45) is 0 Å². The molecule has 0 aliphatic carbocycles.